The third kappa shape index (κ3) is 3.19. The SMILES string of the molecule is CCCOC1CCCC(NC2CC2)(C(=O)O)C1. The van der Waals surface area contributed by atoms with E-state index in [9.17, 15) is 9.90 Å². The lowest BCUT2D eigenvalue weighted by Crippen LogP contribution is -2.57. The number of carbonyl (C=O) groups is 1. The first kappa shape index (κ1) is 12.8. The quantitative estimate of drug-likeness (QED) is 0.746. The number of rotatable bonds is 6. The molecular weight excluding hydrogens is 218 g/mol. The van der Waals surface area contributed by atoms with Crippen LogP contribution in [0.4, 0.5) is 0 Å². The average Bonchev–Trinajstić information content (AvgIpc) is 3.10. The van der Waals surface area contributed by atoms with Crippen molar-refractivity contribution < 1.29 is 14.6 Å². The molecule has 0 saturated heterocycles. The Morgan fingerprint density at radius 2 is 2.24 bits per heavy atom. The van der Waals surface area contributed by atoms with Crippen molar-refractivity contribution in [2.45, 2.75) is 69.6 Å². The van der Waals surface area contributed by atoms with E-state index in [4.69, 9.17) is 4.74 Å². The van der Waals surface area contributed by atoms with Crippen molar-refractivity contribution in [1.82, 2.24) is 5.32 Å². The summed E-state index contributed by atoms with van der Waals surface area (Å²) in [7, 11) is 0. The van der Waals surface area contributed by atoms with Crippen LogP contribution in [0.3, 0.4) is 0 Å². The zero-order valence-corrected chi connectivity index (χ0v) is 10.6. The molecule has 2 atom stereocenters. The number of aliphatic carboxylic acids is 1. The minimum Gasteiger partial charge on any atom is -0.480 e. The lowest BCUT2D eigenvalue weighted by molar-refractivity contribution is -0.149. The maximum atomic E-state index is 11.5. The summed E-state index contributed by atoms with van der Waals surface area (Å²) >= 11 is 0. The summed E-state index contributed by atoms with van der Waals surface area (Å²) in [6, 6.07) is 0.427. The molecule has 0 aromatic heterocycles. The second kappa shape index (κ2) is 5.36. The molecule has 0 aromatic carbocycles. The first-order valence-corrected chi connectivity index (χ1v) is 6.79. The molecule has 4 nitrogen and oxygen atoms in total. The summed E-state index contributed by atoms with van der Waals surface area (Å²) in [5, 5.41) is 12.8. The van der Waals surface area contributed by atoms with Crippen LogP contribution in [-0.2, 0) is 9.53 Å². The molecule has 2 aliphatic carbocycles. The Balaban J connectivity index is 1.96. The Bertz CT molecular complexity index is 278. The maximum Gasteiger partial charge on any atom is 0.324 e. The number of nitrogens with one attached hydrogen (secondary N) is 1. The van der Waals surface area contributed by atoms with Gasteiger partial charge in [-0.05, 0) is 38.5 Å². The molecule has 98 valence electrons. The first-order chi connectivity index (χ1) is 8.16. The Morgan fingerprint density at radius 1 is 1.47 bits per heavy atom. The third-order valence-electron chi connectivity index (χ3n) is 3.73. The highest BCUT2D eigenvalue weighted by atomic mass is 16.5. The molecule has 0 amide bonds. The minimum absolute atomic E-state index is 0.117. The van der Waals surface area contributed by atoms with Gasteiger partial charge in [0.25, 0.3) is 0 Å². The molecule has 2 unspecified atom stereocenters. The number of carboxylic acids is 1. The molecule has 0 radical (unpaired) electrons. The van der Waals surface area contributed by atoms with E-state index in [1.54, 1.807) is 0 Å². The fourth-order valence-electron chi connectivity index (χ4n) is 2.66. The first-order valence-electron chi connectivity index (χ1n) is 6.79. The van der Waals surface area contributed by atoms with Gasteiger partial charge in [0.1, 0.15) is 5.54 Å². The summed E-state index contributed by atoms with van der Waals surface area (Å²) < 4.78 is 5.74. The summed E-state index contributed by atoms with van der Waals surface area (Å²) in [5.74, 6) is -0.700. The number of carboxylic acid groups (broad SMARTS) is 1. The van der Waals surface area contributed by atoms with Crippen LogP contribution in [0.2, 0.25) is 0 Å². The molecular formula is C13H23NO3. The molecule has 0 bridgehead atoms. The molecule has 2 N–H and O–H groups in total. The minimum atomic E-state index is -0.724. The predicted molar refractivity (Wildman–Crippen MR) is 65.0 cm³/mol. The van der Waals surface area contributed by atoms with Crippen molar-refractivity contribution in [2.75, 3.05) is 6.61 Å². The van der Waals surface area contributed by atoms with Gasteiger partial charge in [-0.3, -0.25) is 10.1 Å². The van der Waals surface area contributed by atoms with Gasteiger partial charge in [0.05, 0.1) is 6.10 Å². The lowest BCUT2D eigenvalue weighted by atomic mass is 9.80. The Labute approximate surface area is 103 Å². The van der Waals surface area contributed by atoms with Crippen molar-refractivity contribution in [2.24, 2.45) is 0 Å². The molecule has 0 heterocycles. The maximum absolute atomic E-state index is 11.5. The Kier molecular flexibility index (Phi) is 4.05. The fraction of sp³-hybridized carbons (Fsp3) is 0.923. The van der Waals surface area contributed by atoms with Crippen LogP contribution in [0.15, 0.2) is 0 Å². The monoisotopic (exact) mass is 241 g/mol. The van der Waals surface area contributed by atoms with Crippen molar-refractivity contribution in [3.8, 4) is 0 Å². The van der Waals surface area contributed by atoms with E-state index in [0.717, 1.165) is 45.1 Å². The van der Waals surface area contributed by atoms with Crippen LogP contribution < -0.4 is 5.32 Å². The van der Waals surface area contributed by atoms with Crippen LogP contribution in [0.1, 0.15) is 51.9 Å². The van der Waals surface area contributed by atoms with Gasteiger partial charge in [0, 0.05) is 19.1 Å². The number of ether oxygens (including phenoxy) is 1. The topological polar surface area (TPSA) is 58.6 Å². The van der Waals surface area contributed by atoms with Crippen LogP contribution in [0.5, 0.6) is 0 Å². The van der Waals surface area contributed by atoms with Gasteiger partial charge in [-0.1, -0.05) is 6.92 Å². The largest absolute Gasteiger partial charge is 0.480 e. The second-order valence-corrected chi connectivity index (χ2v) is 5.40. The highest BCUT2D eigenvalue weighted by molar-refractivity contribution is 5.79. The van der Waals surface area contributed by atoms with E-state index in [-0.39, 0.29) is 6.10 Å². The highest BCUT2D eigenvalue weighted by Gasteiger charge is 2.46. The van der Waals surface area contributed by atoms with Gasteiger partial charge in [-0.2, -0.15) is 0 Å². The second-order valence-electron chi connectivity index (χ2n) is 5.40. The van der Waals surface area contributed by atoms with Gasteiger partial charge in [0.2, 0.25) is 0 Å². The zero-order valence-electron chi connectivity index (χ0n) is 10.6. The molecule has 17 heavy (non-hydrogen) atoms. The Morgan fingerprint density at radius 3 is 2.82 bits per heavy atom. The average molecular weight is 241 g/mol. The van der Waals surface area contributed by atoms with Crippen LogP contribution in [0, 0.1) is 0 Å². The summed E-state index contributed by atoms with van der Waals surface area (Å²) in [4.78, 5) is 11.5. The molecule has 4 heteroatoms. The van der Waals surface area contributed by atoms with E-state index in [0.29, 0.717) is 12.5 Å². The van der Waals surface area contributed by atoms with Crippen LogP contribution in [-0.4, -0.2) is 35.4 Å². The van der Waals surface area contributed by atoms with Crippen molar-refractivity contribution in [3.05, 3.63) is 0 Å². The molecule has 2 aliphatic rings. The van der Waals surface area contributed by atoms with Crippen LogP contribution in [0.25, 0.3) is 0 Å². The normalized spacial score (nSPS) is 33.6. The molecule has 0 spiro atoms. The van der Waals surface area contributed by atoms with E-state index < -0.39 is 11.5 Å². The van der Waals surface area contributed by atoms with E-state index in [1.807, 2.05) is 0 Å². The zero-order chi connectivity index (χ0) is 12.3. The smallest absolute Gasteiger partial charge is 0.324 e. The van der Waals surface area contributed by atoms with Crippen molar-refractivity contribution >= 4 is 5.97 Å². The highest BCUT2D eigenvalue weighted by Crippen LogP contribution is 2.34. The predicted octanol–water partition coefficient (Wildman–Crippen LogP) is 1.93. The van der Waals surface area contributed by atoms with E-state index in [2.05, 4.69) is 12.2 Å². The van der Waals surface area contributed by atoms with Gasteiger partial charge < -0.3 is 9.84 Å². The van der Waals surface area contributed by atoms with Crippen LogP contribution >= 0.6 is 0 Å². The van der Waals surface area contributed by atoms with Crippen molar-refractivity contribution in [3.63, 3.8) is 0 Å². The summed E-state index contributed by atoms with van der Waals surface area (Å²) in [5.41, 5.74) is -0.724. The fourth-order valence-corrected chi connectivity index (χ4v) is 2.66. The standard InChI is InChI=1S/C13H23NO3/c1-2-8-17-11-4-3-7-13(9-11,12(15)16)14-10-5-6-10/h10-11,14H,2-9H2,1H3,(H,15,16). The molecule has 0 aliphatic heterocycles. The Hall–Kier alpha value is -0.610. The molecule has 2 rings (SSSR count). The number of hydrogen-bond donors (Lipinski definition) is 2. The van der Waals surface area contributed by atoms with Crippen molar-refractivity contribution in [1.29, 1.82) is 0 Å². The third-order valence-corrected chi connectivity index (χ3v) is 3.73. The van der Waals surface area contributed by atoms with Gasteiger partial charge in [0.15, 0.2) is 0 Å². The van der Waals surface area contributed by atoms with Gasteiger partial charge in [-0.15, -0.1) is 0 Å². The molecule has 2 fully saturated rings. The van der Waals surface area contributed by atoms with Gasteiger partial charge in [-0.25, -0.2) is 0 Å². The summed E-state index contributed by atoms with van der Waals surface area (Å²) in [6.07, 6.45) is 6.66. The molecule has 0 aromatic rings. The van der Waals surface area contributed by atoms with E-state index >= 15 is 0 Å². The number of hydrogen-bond acceptors (Lipinski definition) is 3. The van der Waals surface area contributed by atoms with E-state index in [1.165, 1.54) is 0 Å². The molecule has 2 saturated carbocycles. The van der Waals surface area contributed by atoms with Gasteiger partial charge >= 0.3 is 5.97 Å². The lowest BCUT2D eigenvalue weighted by Gasteiger charge is -2.38. The summed E-state index contributed by atoms with van der Waals surface area (Å²) in [6.45, 7) is 2.82.